The van der Waals surface area contributed by atoms with Gasteiger partial charge in [-0.3, -0.25) is 9.59 Å². The Bertz CT molecular complexity index is 242. The first-order chi connectivity index (χ1) is 5.45. The van der Waals surface area contributed by atoms with Gasteiger partial charge < -0.3 is 0 Å². The molecule has 0 bridgehead atoms. The van der Waals surface area contributed by atoms with Gasteiger partial charge in [-0.25, -0.2) is 0 Å². The fourth-order valence-electron chi connectivity index (χ4n) is 0.436. The molecule has 0 radical (unpaired) electrons. The number of carbonyl (C=O) groups is 2. The Balaban J connectivity index is 4.26. The minimum atomic E-state index is -0.109. The van der Waals surface area contributed by atoms with Crippen molar-refractivity contribution in [2.24, 2.45) is 0 Å². The zero-order chi connectivity index (χ0) is 9.72. The van der Waals surface area contributed by atoms with Crippen molar-refractivity contribution in [1.29, 1.82) is 0 Å². The molecule has 0 atom stereocenters. The zero-order valence-corrected chi connectivity index (χ0v) is 7.39. The van der Waals surface area contributed by atoms with Gasteiger partial charge in [0.1, 0.15) is 0 Å². The van der Waals surface area contributed by atoms with Crippen molar-refractivity contribution in [3.05, 3.63) is 36.5 Å². The van der Waals surface area contributed by atoms with E-state index >= 15 is 0 Å². The van der Waals surface area contributed by atoms with Crippen molar-refractivity contribution in [1.82, 2.24) is 0 Å². The molecule has 0 aromatic heterocycles. The minimum Gasteiger partial charge on any atom is -0.295 e. The lowest BCUT2D eigenvalue weighted by atomic mass is 10.1. The number of hydrogen-bond acceptors (Lipinski definition) is 2. The molecule has 0 unspecified atom stereocenters. The predicted octanol–water partition coefficient (Wildman–Crippen LogP) is 1.83. The number of Topliss-reactive ketones (excluding diaryl/α,β-unsaturated/α-hetero) is 2. The monoisotopic (exact) mass is 164 g/mol. The first-order valence-corrected chi connectivity index (χ1v) is 3.53. The summed E-state index contributed by atoms with van der Waals surface area (Å²) in [6, 6.07) is 0. The Morgan fingerprint density at radius 2 is 1.17 bits per heavy atom. The van der Waals surface area contributed by atoms with E-state index in [1.165, 1.54) is 26.0 Å². The van der Waals surface area contributed by atoms with Gasteiger partial charge in [0.25, 0.3) is 0 Å². The van der Waals surface area contributed by atoms with Crippen LogP contribution < -0.4 is 0 Å². The highest BCUT2D eigenvalue weighted by molar-refractivity contribution is 5.98. The number of rotatable bonds is 4. The summed E-state index contributed by atoms with van der Waals surface area (Å²) in [5.41, 5.74) is 0.745. The van der Waals surface area contributed by atoms with Gasteiger partial charge in [0.15, 0.2) is 11.6 Å². The van der Waals surface area contributed by atoms with Gasteiger partial charge in [-0.15, -0.1) is 0 Å². The summed E-state index contributed by atoms with van der Waals surface area (Å²) >= 11 is 0. The van der Waals surface area contributed by atoms with E-state index < -0.39 is 0 Å². The van der Waals surface area contributed by atoms with Crippen LogP contribution in [0.2, 0.25) is 0 Å². The molecule has 0 heterocycles. The molecule has 0 aliphatic carbocycles. The van der Waals surface area contributed by atoms with Crippen LogP contribution in [0.3, 0.4) is 0 Å². The van der Waals surface area contributed by atoms with E-state index in [9.17, 15) is 9.59 Å². The van der Waals surface area contributed by atoms with Crippen molar-refractivity contribution in [3.8, 4) is 0 Å². The zero-order valence-electron chi connectivity index (χ0n) is 7.39. The van der Waals surface area contributed by atoms with Crippen LogP contribution in [0.1, 0.15) is 13.8 Å². The van der Waals surface area contributed by atoms with Crippen LogP contribution in [-0.2, 0) is 9.59 Å². The first-order valence-electron chi connectivity index (χ1n) is 3.53. The highest BCUT2D eigenvalue weighted by Gasteiger charge is 1.97. The summed E-state index contributed by atoms with van der Waals surface area (Å²) in [7, 11) is 0. The van der Waals surface area contributed by atoms with Crippen molar-refractivity contribution >= 4 is 11.6 Å². The maximum atomic E-state index is 10.7. The Morgan fingerprint density at radius 1 is 0.917 bits per heavy atom. The summed E-state index contributed by atoms with van der Waals surface area (Å²) in [5.74, 6) is -0.217. The summed E-state index contributed by atoms with van der Waals surface area (Å²) in [4.78, 5) is 21.3. The molecule has 0 aromatic rings. The lowest BCUT2D eigenvalue weighted by Crippen LogP contribution is -1.93. The molecular formula is C10H12O2. The molecule has 0 spiro atoms. The highest BCUT2D eigenvalue weighted by Crippen LogP contribution is 1.99. The molecule has 0 N–H and O–H groups in total. The van der Waals surface area contributed by atoms with Crippen LogP contribution in [0.5, 0.6) is 0 Å². The molecule has 0 aliphatic rings. The molecule has 0 aromatic carbocycles. The van der Waals surface area contributed by atoms with Gasteiger partial charge >= 0.3 is 0 Å². The standard InChI is InChI=1S/C10H12O2/c1-7(9(3)11)5-6-8(2)10(4)12/h5-6H,1-2H2,3-4H3. The fourth-order valence-corrected chi connectivity index (χ4v) is 0.436. The smallest absolute Gasteiger partial charge is 0.159 e. The number of allylic oxidation sites excluding steroid dienone is 4. The quantitative estimate of drug-likeness (QED) is 0.469. The second-order valence-corrected chi connectivity index (χ2v) is 2.50. The topological polar surface area (TPSA) is 34.1 Å². The van der Waals surface area contributed by atoms with Gasteiger partial charge in [-0.2, -0.15) is 0 Å². The van der Waals surface area contributed by atoms with Crippen LogP contribution in [0.4, 0.5) is 0 Å². The Hall–Kier alpha value is -1.44. The average Bonchev–Trinajstić information content (AvgIpc) is 1.98. The molecule has 2 heteroatoms. The lowest BCUT2D eigenvalue weighted by Gasteiger charge is -1.92. The van der Waals surface area contributed by atoms with Gasteiger partial charge in [0.2, 0.25) is 0 Å². The third-order valence-corrected chi connectivity index (χ3v) is 1.39. The molecule has 0 saturated heterocycles. The molecule has 0 fully saturated rings. The van der Waals surface area contributed by atoms with E-state index in [1.54, 1.807) is 0 Å². The largest absolute Gasteiger partial charge is 0.295 e. The molecule has 0 aliphatic heterocycles. The van der Waals surface area contributed by atoms with E-state index in [-0.39, 0.29) is 11.6 Å². The van der Waals surface area contributed by atoms with Crippen molar-refractivity contribution < 1.29 is 9.59 Å². The number of hydrogen-bond donors (Lipinski definition) is 0. The third-order valence-electron chi connectivity index (χ3n) is 1.39. The van der Waals surface area contributed by atoms with E-state index in [0.717, 1.165) is 0 Å². The summed E-state index contributed by atoms with van der Waals surface area (Å²) in [6.45, 7) is 9.83. The van der Waals surface area contributed by atoms with Crippen molar-refractivity contribution in [2.45, 2.75) is 13.8 Å². The van der Waals surface area contributed by atoms with E-state index in [2.05, 4.69) is 13.2 Å². The number of ketones is 2. The van der Waals surface area contributed by atoms with E-state index in [4.69, 9.17) is 0 Å². The van der Waals surface area contributed by atoms with Gasteiger partial charge in [-0.05, 0) is 13.8 Å². The molecular weight excluding hydrogens is 152 g/mol. The lowest BCUT2D eigenvalue weighted by molar-refractivity contribution is -0.114. The Labute approximate surface area is 72.3 Å². The normalized spacial score (nSPS) is 9.83. The second kappa shape index (κ2) is 4.44. The molecule has 12 heavy (non-hydrogen) atoms. The Morgan fingerprint density at radius 3 is 1.33 bits per heavy atom. The summed E-state index contributed by atoms with van der Waals surface area (Å²) in [6.07, 6.45) is 2.98. The second-order valence-electron chi connectivity index (χ2n) is 2.50. The number of carbonyl (C=O) groups excluding carboxylic acids is 2. The third kappa shape index (κ3) is 3.66. The molecule has 64 valence electrons. The van der Waals surface area contributed by atoms with Crippen molar-refractivity contribution in [2.75, 3.05) is 0 Å². The van der Waals surface area contributed by atoms with Crippen LogP contribution in [0, 0.1) is 0 Å². The summed E-state index contributed by atoms with van der Waals surface area (Å²) < 4.78 is 0. The Kier molecular flexibility index (Phi) is 3.91. The molecule has 2 nitrogen and oxygen atoms in total. The molecule has 0 rings (SSSR count). The van der Waals surface area contributed by atoms with Crippen LogP contribution >= 0.6 is 0 Å². The van der Waals surface area contributed by atoms with Crippen LogP contribution in [-0.4, -0.2) is 11.6 Å². The predicted molar refractivity (Wildman–Crippen MR) is 48.8 cm³/mol. The van der Waals surface area contributed by atoms with Crippen LogP contribution in [0.15, 0.2) is 36.5 Å². The maximum absolute atomic E-state index is 10.7. The summed E-state index contributed by atoms with van der Waals surface area (Å²) in [5, 5.41) is 0. The SMILES string of the molecule is C=C(C=CC(=C)C(C)=O)C(C)=O. The molecule has 0 saturated carbocycles. The fraction of sp³-hybridized carbons (Fsp3) is 0.200. The molecule has 0 amide bonds. The van der Waals surface area contributed by atoms with E-state index in [1.807, 2.05) is 0 Å². The van der Waals surface area contributed by atoms with Crippen LogP contribution in [0.25, 0.3) is 0 Å². The van der Waals surface area contributed by atoms with Gasteiger partial charge in [0, 0.05) is 11.1 Å². The average molecular weight is 164 g/mol. The van der Waals surface area contributed by atoms with Gasteiger partial charge in [-0.1, -0.05) is 25.3 Å². The van der Waals surface area contributed by atoms with E-state index in [0.29, 0.717) is 11.1 Å². The van der Waals surface area contributed by atoms with Crippen molar-refractivity contribution in [3.63, 3.8) is 0 Å². The minimum absolute atomic E-state index is 0.109. The van der Waals surface area contributed by atoms with Gasteiger partial charge in [0.05, 0.1) is 0 Å². The first kappa shape index (κ1) is 10.6. The maximum Gasteiger partial charge on any atom is 0.159 e. The highest BCUT2D eigenvalue weighted by atomic mass is 16.1.